The number of aromatic amines is 1. The van der Waals surface area contributed by atoms with E-state index in [0.717, 1.165) is 35.4 Å². The van der Waals surface area contributed by atoms with Crippen molar-refractivity contribution < 1.29 is 0 Å². The number of hydrogen-bond acceptors (Lipinski definition) is 2. The third-order valence-corrected chi connectivity index (χ3v) is 3.28. The molecule has 0 atom stereocenters. The highest BCUT2D eigenvalue weighted by atomic mass is 16.1. The first kappa shape index (κ1) is 11.8. The van der Waals surface area contributed by atoms with Crippen LogP contribution in [-0.4, -0.2) is 9.97 Å². The van der Waals surface area contributed by atoms with Gasteiger partial charge in [-0.15, -0.1) is 0 Å². The summed E-state index contributed by atoms with van der Waals surface area (Å²) in [6.45, 7) is 8.03. The quantitative estimate of drug-likeness (QED) is 0.862. The molecule has 1 N–H and O–H groups in total. The number of nitrogens with zero attached hydrogens (tertiary/aromatic N) is 1. The lowest BCUT2D eigenvalue weighted by Gasteiger charge is -2.08. The molecule has 90 valence electrons. The Balaban J connectivity index is 2.88. The average molecular weight is 230 g/mol. The Morgan fingerprint density at radius 3 is 2.53 bits per heavy atom. The summed E-state index contributed by atoms with van der Waals surface area (Å²) in [5, 5.41) is 0.710. The van der Waals surface area contributed by atoms with Gasteiger partial charge in [-0.1, -0.05) is 13.8 Å². The third kappa shape index (κ3) is 1.86. The standard InChI is InChI=1S/C14H18N2O/c1-5-10-9(4)15-14-11(13(10)17)7-8(3)12(6-2)16-14/h7H,5-6H2,1-4H3,(H,15,16,17). The molecule has 2 aromatic heterocycles. The molecule has 0 spiro atoms. The highest BCUT2D eigenvalue weighted by Gasteiger charge is 2.10. The van der Waals surface area contributed by atoms with Gasteiger partial charge in [0.05, 0.1) is 5.39 Å². The van der Waals surface area contributed by atoms with Gasteiger partial charge in [0, 0.05) is 17.0 Å². The summed E-state index contributed by atoms with van der Waals surface area (Å²) in [6, 6.07) is 1.96. The topological polar surface area (TPSA) is 45.8 Å². The molecule has 0 saturated carbocycles. The molecule has 2 aromatic rings. The molecule has 3 heteroatoms. The molecule has 0 aliphatic heterocycles. The second-order valence-corrected chi connectivity index (χ2v) is 4.41. The van der Waals surface area contributed by atoms with Crippen molar-refractivity contribution >= 4 is 11.0 Å². The summed E-state index contributed by atoms with van der Waals surface area (Å²) in [7, 11) is 0. The lowest BCUT2D eigenvalue weighted by Crippen LogP contribution is -2.14. The van der Waals surface area contributed by atoms with Gasteiger partial charge >= 0.3 is 0 Å². The van der Waals surface area contributed by atoms with E-state index in [0.29, 0.717) is 11.0 Å². The molecule has 2 heterocycles. The van der Waals surface area contributed by atoms with E-state index in [-0.39, 0.29) is 5.43 Å². The molecule has 0 aliphatic carbocycles. The number of fused-ring (bicyclic) bond motifs is 1. The van der Waals surface area contributed by atoms with E-state index in [1.54, 1.807) is 0 Å². The van der Waals surface area contributed by atoms with E-state index < -0.39 is 0 Å². The van der Waals surface area contributed by atoms with Crippen LogP contribution in [0.1, 0.15) is 36.4 Å². The normalized spacial score (nSPS) is 11.1. The first-order chi connectivity index (χ1) is 8.08. The number of pyridine rings is 2. The van der Waals surface area contributed by atoms with Crippen molar-refractivity contribution in [1.82, 2.24) is 9.97 Å². The van der Waals surface area contributed by atoms with Gasteiger partial charge in [-0.25, -0.2) is 4.98 Å². The minimum Gasteiger partial charge on any atom is -0.343 e. The number of rotatable bonds is 2. The zero-order valence-electron chi connectivity index (χ0n) is 10.8. The number of aryl methyl sites for hydroxylation is 3. The Labute approximate surface area is 101 Å². The van der Waals surface area contributed by atoms with Crippen molar-refractivity contribution in [3.63, 3.8) is 0 Å². The van der Waals surface area contributed by atoms with Crippen molar-refractivity contribution in [1.29, 1.82) is 0 Å². The van der Waals surface area contributed by atoms with Crippen molar-refractivity contribution in [2.45, 2.75) is 40.5 Å². The van der Waals surface area contributed by atoms with Crippen LogP contribution in [0.15, 0.2) is 10.9 Å². The van der Waals surface area contributed by atoms with Crippen LogP contribution < -0.4 is 5.43 Å². The summed E-state index contributed by atoms with van der Waals surface area (Å²) in [6.07, 6.45) is 1.64. The Morgan fingerprint density at radius 2 is 1.94 bits per heavy atom. The van der Waals surface area contributed by atoms with Crippen molar-refractivity contribution in [2.75, 3.05) is 0 Å². The average Bonchev–Trinajstić information content (AvgIpc) is 2.30. The number of H-pyrrole nitrogens is 1. The summed E-state index contributed by atoms with van der Waals surface area (Å²) >= 11 is 0. The fourth-order valence-corrected chi connectivity index (χ4v) is 2.29. The lowest BCUT2D eigenvalue weighted by atomic mass is 10.1. The molecule has 0 amide bonds. The second kappa shape index (κ2) is 4.32. The molecule has 0 saturated heterocycles. The predicted molar refractivity (Wildman–Crippen MR) is 70.6 cm³/mol. The largest absolute Gasteiger partial charge is 0.343 e. The monoisotopic (exact) mass is 230 g/mol. The minimum atomic E-state index is 0.122. The molecule has 0 aromatic carbocycles. The van der Waals surface area contributed by atoms with E-state index in [2.05, 4.69) is 16.9 Å². The van der Waals surface area contributed by atoms with Crippen molar-refractivity contribution in [3.8, 4) is 0 Å². The highest BCUT2D eigenvalue weighted by Crippen LogP contribution is 2.14. The van der Waals surface area contributed by atoms with Crippen LogP contribution in [0.2, 0.25) is 0 Å². The van der Waals surface area contributed by atoms with Crippen LogP contribution in [0.25, 0.3) is 11.0 Å². The van der Waals surface area contributed by atoms with E-state index in [9.17, 15) is 4.79 Å². The predicted octanol–water partition coefficient (Wildman–Crippen LogP) is 2.66. The fourth-order valence-electron chi connectivity index (χ4n) is 2.29. The molecule has 17 heavy (non-hydrogen) atoms. The van der Waals surface area contributed by atoms with Gasteiger partial charge in [0.25, 0.3) is 0 Å². The fraction of sp³-hybridized carbons (Fsp3) is 0.429. The Bertz CT molecular complexity index is 626. The Kier molecular flexibility index (Phi) is 3.01. The molecular weight excluding hydrogens is 212 g/mol. The summed E-state index contributed by atoms with van der Waals surface area (Å²) in [5.41, 5.74) is 4.78. The maximum atomic E-state index is 12.3. The maximum Gasteiger partial charge on any atom is 0.194 e. The molecular formula is C14H18N2O. The van der Waals surface area contributed by atoms with Gasteiger partial charge in [-0.05, 0) is 38.3 Å². The van der Waals surface area contributed by atoms with Crippen LogP contribution >= 0.6 is 0 Å². The molecule has 2 rings (SSSR count). The van der Waals surface area contributed by atoms with E-state index in [1.165, 1.54) is 0 Å². The Morgan fingerprint density at radius 1 is 1.24 bits per heavy atom. The summed E-state index contributed by atoms with van der Waals surface area (Å²) in [5.74, 6) is 0. The SMILES string of the molecule is CCc1nc2[nH]c(C)c(CC)c(=O)c2cc1C. The summed E-state index contributed by atoms with van der Waals surface area (Å²) in [4.78, 5) is 20.0. The van der Waals surface area contributed by atoms with Gasteiger partial charge < -0.3 is 4.98 Å². The lowest BCUT2D eigenvalue weighted by molar-refractivity contribution is 0.996. The highest BCUT2D eigenvalue weighted by molar-refractivity contribution is 5.76. The molecule has 3 nitrogen and oxygen atoms in total. The van der Waals surface area contributed by atoms with Crippen LogP contribution in [0, 0.1) is 13.8 Å². The zero-order chi connectivity index (χ0) is 12.6. The van der Waals surface area contributed by atoms with Gasteiger partial charge in [-0.2, -0.15) is 0 Å². The minimum absolute atomic E-state index is 0.122. The zero-order valence-corrected chi connectivity index (χ0v) is 10.8. The molecule has 0 fully saturated rings. The van der Waals surface area contributed by atoms with E-state index in [4.69, 9.17) is 0 Å². The molecule has 0 aliphatic rings. The smallest absolute Gasteiger partial charge is 0.194 e. The van der Waals surface area contributed by atoms with Crippen LogP contribution in [0.3, 0.4) is 0 Å². The van der Waals surface area contributed by atoms with E-state index >= 15 is 0 Å². The number of aromatic nitrogens is 2. The Hall–Kier alpha value is -1.64. The van der Waals surface area contributed by atoms with Gasteiger partial charge in [-0.3, -0.25) is 4.79 Å². The first-order valence-corrected chi connectivity index (χ1v) is 6.10. The molecule has 0 bridgehead atoms. The second-order valence-electron chi connectivity index (χ2n) is 4.41. The molecule has 0 radical (unpaired) electrons. The summed E-state index contributed by atoms with van der Waals surface area (Å²) < 4.78 is 0. The van der Waals surface area contributed by atoms with Crippen LogP contribution in [-0.2, 0) is 12.8 Å². The number of hydrogen-bond donors (Lipinski definition) is 1. The van der Waals surface area contributed by atoms with Gasteiger partial charge in [0.1, 0.15) is 5.65 Å². The number of nitrogens with one attached hydrogen (secondary N) is 1. The van der Waals surface area contributed by atoms with Crippen LogP contribution in [0.5, 0.6) is 0 Å². The van der Waals surface area contributed by atoms with E-state index in [1.807, 2.05) is 26.8 Å². The van der Waals surface area contributed by atoms with Crippen molar-refractivity contribution in [2.24, 2.45) is 0 Å². The van der Waals surface area contributed by atoms with Crippen molar-refractivity contribution in [3.05, 3.63) is 38.8 Å². The third-order valence-electron chi connectivity index (χ3n) is 3.28. The van der Waals surface area contributed by atoms with Crippen LogP contribution in [0.4, 0.5) is 0 Å². The maximum absolute atomic E-state index is 12.3. The van der Waals surface area contributed by atoms with Gasteiger partial charge in [0.2, 0.25) is 0 Å². The molecule has 0 unspecified atom stereocenters. The first-order valence-electron chi connectivity index (χ1n) is 6.10. The van der Waals surface area contributed by atoms with Gasteiger partial charge in [0.15, 0.2) is 5.43 Å².